The topological polar surface area (TPSA) is 63.2 Å². The molecule has 0 heterocycles. The summed E-state index contributed by atoms with van der Waals surface area (Å²) in [6, 6.07) is 0. The Labute approximate surface area is 40.0 Å². The maximum absolute atomic E-state index is 8.33. The van der Waals surface area contributed by atoms with Crippen LogP contribution in [0, 0.1) is 0 Å². The molecule has 0 unspecified atom stereocenters. The van der Waals surface area contributed by atoms with Crippen LogP contribution >= 0.6 is 0 Å². The molecular weight excluding hydrogens is 119 g/mol. The Balaban J connectivity index is -0.0000000450. The van der Waals surface area contributed by atoms with Crippen molar-refractivity contribution in [1.29, 1.82) is 0 Å². The molecule has 0 atom stereocenters. The molecule has 32 valence electrons. The molecule has 0 radical (unpaired) electrons. The maximum atomic E-state index is 8.33. The normalized spacial score (nSPS) is 4.80. The Morgan fingerprint density at radius 1 is 1.60 bits per heavy atom. The van der Waals surface area contributed by atoms with E-state index in [0.717, 1.165) is 0 Å². The van der Waals surface area contributed by atoms with Crippen molar-refractivity contribution in [2.75, 3.05) is 0 Å². The standard InChI is InChI=1S/CH2O3.Ni/c2-1(3)4;/h(H2,2,3,4);/q;+2/p-1. The van der Waals surface area contributed by atoms with E-state index >= 15 is 0 Å². The first-order chi connectivity index (χ1) is 1.73. The number of carboxylic acid groups (broad SMARTS) is 2. The predicted molar refractivity (Wildman–Crippen MR) is 6.51 cm³/mol. The molecule has 0 aromatic rings. The number of carbonyl (C=O) groups is 1. The summed E-state index contributed by atoms with van der Waals surface area (Å²) in [6.07, 6.45) is -2.33. The van der Waals surface area contributed by atoms with E-state index in [1.165, 1.54) is 0 Å². The van der Waals surface area contributed by atoms with E-state index < -0.39 is 6.16 Å². The molecule has 0 amide bonds. The average molecular weight is 120 g/mol. The van der Waals surface area contributed by atoms with Crippen LogP contribution in [0.1, 0.15) is 1.43 Å². The molecule has 3 nitrogen and oxygen atoms in total. The summed E-state index contributed by atoms with van der Waals surface area (Å²) < 4.78 is 0. The van der Waals surface area contributed by atoms with Gasteiger partial charge in [0.15, 0.2) is 0 Å². The van der Waals surface area contributed by atoms with Crippen molar-refractivity contribution in [3.8, 4) is 0 Å². The minimum atomic E-state index is -2.33. The number of hydrogen-bond acceptors (Lipinski definition) is 3. The number of rotatable bonds is 0. The van der Waals surface area contributed by atoms with Crippen LogP contribution in [0.2, 0.25) is 0 Å². The van der Waals surface area contributed by atoms with E-state index in [4.69, 9.17) is 15.0 Å². The minimum absolute atomic E-state index is 0. The molecule has 0 aliphatic heterocycles. The molecule has 0 N–H and O–H groups in total. The van der Waals surface area contributed by atoms with E-state index in [-0.39, 0.29) is 17.9 Å². The van der Waals surface area contributed by atoms with Gasteiger partial charge in [-0.2, -0.15) is 0 Å². The first-order valence-electron chi connectivity index (χ1n) is 0.612. The van der Waals surface area contributed by atoms with E-state index in [9.17, 15) is 0 Å². The van der Waals surface area contributed by atoms with Crippen molar-refractivity contribution in [3.05, 3.63) is 0 Å². The summed E-state index contributed by atoms with van der Waals surface area (Å²) in [5, 5.41) is 16.7. The molecular formula is CHNiO3+. The first kappa shape index (κ1) is 8.83. The van der Waals surface area contributed by atoms with Crippen LogP contribution in [0.3, 0.4) is 0 Å². The van der Waals surface area contributed by atoms with Crippen molar-refractivity contribution >= 4 is 6.16 Å². The first-order valence-corrected chi connectivity index (χ1v) is 0.612. The van der Waals surface area contributed by atoms with Gasteiger partial charge in [0, 0.05) is 0 Å². The summed E-state index contributed by atoms with van der Waals surface area (Å²) in [7, 11) is 0. The Morgan fingerprint density at radius 3 is 1.60 bits per heavy atom. The van der Waals surface area contributed by atoms with E-state index in [1.54, 1.807) is 0 Å². The number of hydrogen-bond donors (Lipinski definition) is 0. The second kappa shape index (κ2) is 3.76. The van der Waals surface area contributed by atoms with Gasteiger partial charge in [-0.25, -0.2) is 0 Å². The Hall–Kier alpha value is -0.236. The fraction of sp³-hybridized carbons (Fsp3) is 0. The van der Waals surface area contributed by atoms with E-state index in [1.807, 2.05) is 0 Å². The Bertz CT molecular complexity index is 33.8. The Morgan fingerprint density at radius 2 is 1.60 bits per heavy atom. The van der Waals surface area contributed by atoms with Gasteiger partial charge >= 0.3 is 17.9 Å². The van der Waals surface area contributed by atoms with Gasteiger partial charge in [0.05, 0.1) is 0 Å². The van der Waals surface area contributed by atoms with Crippen LogP contribution in [0.25, 0.3) is 0 Å². The third kappa shape index (κ3) is 209. The molecule has 0 bridgehead atoms. The SMILES string of the molecule is O=C([O-])[O-].[H+].[Ni+2]. The fourth-order valence-corrected chi connectivity index (χ4v) is 0. The molecule has 0 aromatic carbocycles. The molecule has 0 spiro atoms. The van der Waals surface area contributed by atoms with Gasteiger partial charge in [0.25, 0.3) is 0 Å². The largest absolute Gasteiger partial charge is 2.00 e. The molecule has 5 heavy (non-hydrogen) atoms. The van der Waals surface area contributed by atoms with Crippen LogP contribution in [0.5, 0.6) is 0 Å². The van der Waals surface area contributed by atoms with Crippen LogP contribution in [0.15, 0.2) is 0 Å². The monoisotopic (exact) mass is 119 g/mol. The van der Waals surface area contributed by atoms with Gasteiger partial charge < -0.3 is 15.0 Å². The van der Waals surface area contributed by atoms with Crippen LogP contribution in [-0.4, -0.2) is 6.16 Å². The fourth-order valence-electron chi connectivity index (χ4n) is 0. The van der Waals surface area contributed by atoms with Crippen LogP contribution < -0.4 is 10.2 Å². The third-order valence-electron chi connectivity index (χ3n) is 0. The Kier molecular flexibility index (Phi) is 6.65. The minimum Gasteiger partial charge on any atom is -0.652 e. The van der Waals surface area contributed by atoms with Gasteiger partial charge in [-0.05, 0) is 6.16 Å². The van der Waals surface area contributed by atoms with E-state index in [2.05, 4.69) is 0 Å². The van der Waals surface area contributed by atoms with Gasteiger partial charge in [-0.15, -0.1) is 0 Å². The average Bonchev–Trinajstić information content (AvgIpc) is 0.811. The quantitative estimate of drug-likeness (QED) is 0.336. The van der Waals surface area contributed by atoms with Gasteiger partial charge in [-0.3, -0.25) is 0 Å². The summed E-state index contributed by atoms with van der Waals surface area (Å²) in [4.78, 5) is 8.33. The smallest absolute Gasteiger partial charge is 0.652 e. The van der Waals surface area contributed by atoms with Gasteiger partial charge in [0.1, 0.15) is 0 Å². The van der Waals surface area contributed by atoms with Crippen molar-refractivity contribution in [3.63, 3.8) is 0 Å². The predicted octanol–water partition coefficient (Wildman–Crippen LogP) is -2.34. The molecule has 0 saturated carbocycles. The van der Waals surface area contributed by atoms with Crippen LogP contribution in [-0.2, 0) is 16.5 Å². The molecule has 0 aliphatic carbocycles. The van der Waals surface area contributed by atoms with Crippen molar-refractivity contribution < 1.29 is 32.9 Å². The van der Waals surface area contributed by atoms with E-state index in [0.29, 0.717) is 0 Å². The van der Waals surface area contributed by atoms with Gasteiger partial charge in [0.2, 0.25) is 0 Å². The molecule has 0 aromatic heterocycles. The third-order valence-corrected chi connectivity index (χ3v) is 0. The molecule has 0 rings (SSSR count). The second-order valence-corrected chi connectivity index (χ2v) is 0.250. The maximum Gasteiger partial charge on any atom is 2.00 e. The van der Waals surface area contributed by atoms with Crippen molar-refractivity contribution in [1.82, 2.24) is 0 Å². The zero-order valence-electron chi connectivity index (χ0n) is 3.04. The zero-order chi connectivity index (χ0) is 3.58. The summed E-state index contributed by atoms with van der Waals surface area (Å²) in [5.74, 6) is 0. The van der Waals surface area contributed by atoms with Crippen LogP contribution in [0.4, 0.5) is 4.79 Å². The van der Waals surface area contributed by atoms with Crippen molar-refractivity contribution in [2.45, 2.75) is 0 Å². The number of carbonyl (C=O) groups excluding carboxylic acids is 1. The van der Waals surface area contributed by atoms with Gasteiger partial charge in [-0.1, -0.05) is 0 Å². The molecule has 4 heteroatoms. The summed E-state index contributed by atoms with van der Waals surface area (Å²) in [5.41, 5.74) is 0. The van der Waals surface area contributed by atoms with Crippen molar-refractivity contribution in [2.24, 2.45) is 0 Å². The summed E-state index contributed by atoms with van der Waals surface area (Å²) in [6.45, 7) is 0. The molecule has 0 saturated heterocycles. The second-order valence-electron chi connectivity index (χ2n) is 0.250. The molecule has 0 aliphatic rings. The zero-order valence-corrected chi connectivity index (χ0v) is 3.03. The molecule has 0 fully saturated rings. The summed E-state index contributed by atoms with van der Waals surface area (Å²) >= 11 is 0.